The third-order valence-electron chi connectivity index (χ3n) is 1.70. The number of rotatable bonds is 1. The van der Waals surface area contributed by atoms with Crippen molar-refractivity contribution in [2.75, 3.05) is 0 Å². The number of carboxylic acids is 1. The molecule has 8 nitrogen and oxygen atoms in total. The first kappa shape index (κ1) is 8.35. The van der Waals surface area contributed by atoms with E-state index in [9.17, 15) is 9.59 Å². The molecule has 0 radical (unpaired) electrons. The molecule has 2 heterocycles. The highest BCUT2D eigenvalue weighted by atomic mass is 16.4. The summed E-state index contributed by atoms with van der Waals surface area (Å²) < 4.78 is 2.01. The van der Waals surface area contributed by atoms with E-state index in [2.05, 4.69) is 15.3 Å². The highest BCUT2D eigenvalue weighted by Gasteiger charge is 2.15. The lowest BCUT2D eigenvalue weighted by Crippen LogP contribution is -2.27. The third kappa shape index (κ3) is 0.969. The Morgan fingerprint density at radius 2 is 2.29 bits per heavy atom. The predicted octanol–water partition coefficient (Wildman–Crippen LogP) is -1.48. The molecule has 72 valence electrons. The normalized spacial score (nSPS) is 10.6. The number of nitrogens with zero attached hydrogens (tertiary/aromatic N) is 5. The molecule has 2 aromatic heterocycles. The van der Waals surface area contributed by atoms with E-state index in [0.717, 1.165) is 15.4 Å². The Balaban J connectivity index is 2.91. The second-order valence-electron chi connectivity index (χ2n) is 2.59. The monoisotopic (exact) mass is 195 g/mol. The number of aromatic nitrogens is 5. The minimum Gasteiger partial charge on any atom is -0.476 e. The van der Waals surface area contributed by atoms with Gasteiger partial charge in [-0.3, -0.25) is 0 Å². The molecule has 0 aromatic carbocycles. The van der Waals surface area contributed by atoms with Crippen molar-refractivity contribution in [3.63, 3.8) is 0 Å². The van der Waals surface area contributed by atoms with Crippen LogP contribution in [-0.4, -0.2) is 35.5 Å². The number of hydrogen-bond acceptors (Lipinski definition) is 5. The quantitative estimate of drug-likeness (QED) is 0.595. The van der Waals surface area contributed by atoms with Gasteiger partial charge in [-0.1, -0.05) is 5.21 Å². The molecular weight excluding hydrogens is 190 g/mol. The minimum atomic E-state index is -1.24. The van der Waals surface area contributed by atoms with Gasteiger partial charge in [0.1, 0.15) is 6.33 Å². The number of imidazole rings is 1. The zero-order chi connectivity index (χ0) is 10.3. The number of carbonyl (C=O) groups is 1. The third-order valence-corrected chi connectivity index (χ3v) is 1.70. The summed E-state index contributed by atoms with van der Waals surface area (Å²) in [5.74, 6) is -1.24. The van der Waals surface area contributed by atoms with Crippen LogP contribution in [0.2, 0.25) is 0 Å². The summed E-state index contributed by atoms with van der Waals surface area (Å²) in [6.45, 7) is 0. The highest BCUT2D eigenvalue weighted by Crippen LogP contribution is 2.01. The van der Waals surface area contributed by atoms with Crippen LogP contribution in [-0.2, 0) is 7.05 Å². The Labute approximate surface area is 76.4 Å². The van der Waals surface area contributed by atoms with E-state index in [1.807, 2.05) is 0 Å². The summed E-state index contributed by atoms with van der Waals surface area (Å²) in [4.78, 5) is 25.5. The second kappa shape index (κ2) is 2.62. The van der Waals surface area contributed by atoms with Gasteiger partial charge in [0.15, 0.2) is 11.3 Å². The number of carboxylic acid groups (broad SMARTS) is 1. The molecule has 0 aliphatic carbocycles. The summed E-state index contributed by atoms with van der Waals surface area (Å²) in [7, 11) is 1.41. The fourth-order valence-electron chi connectivity index (χ4n) is 1.03. The van der Waals surface area contributed by atoms with Crippen LogP contribution in [0.3, 0.4) is 0 Å². The summed E-state index contributed by atoms with van der Waals surface area (Å²) >= 11 is 0. The van der Waals surface area contributed by atoms with Gasteiger partial charge in [-0.25, -0.2) is 19.0 Å². The van der Waals surface area contributed by atoms with Gasteiger partial charge < -0.3 is 5.11 Å². The predicted molar refractivity (Wildman–Crippen MR) is 43.0 cm³/mol. The Morgan fingerprint density at radius 3 is 2.93 bits per heavy atom. The van der Waals surface area contributed by atoms with E-state index < -0.39 is 11.7 Å². The molecule has 2 aromatic rings. The fourth-order valence-corrected chi connectivity index (χ4v) is 1.03. The minimum absolute atomic E-state index is 0.0550. The maximum Gasteiger partial charge on any atom is 0.358 e. The van der Waals surface area contributed by atoms with Crippen LogP contribution in [0.25, 0.3) is 5.65 Å². The van der Waals surface area contributed by atoms with Crippen LogP contribution in [0.1, 0.15) is 10.5 Å². The highest BCUT2D eigenvalue weighted by molar-refractivity contribution is 5.91. The van der Waals surface area contributed by atoms with Gasteiger partial charge in [0.05, 0.1) is 0 Å². The number of aryl methyl sites for hydroxylation is 1. The average molecular weight is 195 g/mol. The molecular formula is C6H5N5O3. The van der Waals surface area contributed by atoms with Crippen molar-refractivity contribution in [3.8, 4) is 0 Å². The van der Waals surface area contributed by atoms with E-state index in [-0.39, 0.29) is 11.3 Å². The number of fused-ring (bicyclic) bond motifs is 1. The zero-order valence-corrected chi connectivity index (χ0v) is 7.08. The van der Waals surface area contributed by atoms with E-state index in [1.165, 1.54) is 7.05 Å². The van der Waals surface area contributed by atoms with E-state index in [0.29, 0.717) is 0 Å². The van der Waals surface area contributed by atoms with Crippen LogP contribution in [0.5, 0.6) is 0 Å². The van der Waals surface area contributed by atoms with Crippen LogP contribution in [0.15, 0.2) is 11.1 Å². The lowest BCUT2D eigenvalue weighted by atomic mass is 10.5. The lowest BCUT2D eigenvalue weighted by Gasteiger charge is -1.94. The Bertz CT molecular complexity index is 568. The van der Waals surface area contributed by atoms with Gasteiger partial charge >= 0.3 is 11.7 Å². The van der Waals surface area contributed by atoms with Gasteiger partial charge in [-0.05, 0) is 0 Å². The molecule has 0 spiro atoms. The van der Waals surface area contributed by atoms with Crippen molar-refractivity contribution in [2.24, 2.45) is 7.05 Å². The van der Waals surface area contributed by atoms with Crippen molar-refractivity contribution in [1.82, 2.24) is 24.4 Å². The van der Waals surface area contributed by atoms with Gasteiger partial charge in [-0.15, -0.1) is 5.10 Å². The van der Waals surface area contributed by atoms with Gasteiger partial charge in [0.2, 0.25) is 0 Å². The summed E-state index contributed by atoms with van der Waals surface area (Å²) in [5.41, 5.74) is -0.828. The van der Waals surface area contributed by atoms with Gasteiger partial charge in [0.25, 0.3) is 0 Å². The molecule has 0 aliphatic rings. The first-order valence-corrected chi connectivity index (χ1v) is 3.61. The van der Waals surface area contributed by atoms with Crippen molar-refractivity contribution >= 4 is 11.6 Å². The van der Waals surface area contributed by atoms with Crippen LogP contribution < -0.4 is 5.69 Å². The van der Waals surface area contributed by atoms with E-state index >= 15 is 0 Å². The largest absolute Gasteiger partial charge is 0.476 e. The topological polar surface area (TPSA) is 102 Å². The summed E-state index contributed by atoms with van der Waals surface area (Å²) in [6.07, 6.45) is 1.11. The van der Waals surface area contributed by atoms with Crippen LogP contribution >= 0.6 is 0 Å². The summed E-state index contributed by atoms with van der Waals surface area (Å²) in [6, 6.07) is 0. The first-order chi connectivity index (χ1) is 6.61. The summed E-state index contributed by atoms with van der Waals surface area (Å²) in [5, 5.41) is 15.7. The van der Waals surface area contributed by atoms with Gasteiger partial charge in [-0.2, -0.15) is 4.68 Å². The second-order valence-corrected chi connectivity index (χ2v) is 2.59. The molecule has 0 atom stereocenters. The van der Waals surface area contributed by atoms with Crippen LogP contribution in [0.4, 0.5) is 0 Å². The molecule has 0 aliphatic heterocycles. The molecule has 0 bridgehead atoms. The lowest BCUT2D eigenvalue weighted by molar-refractivity contribution is 0.0693. The fraction of sp³-hybridized carbons (Fsp3) is 0.167. The molecule has 2 rings (SSSR count). The van der Waals surface area contributed by atoms with E-state index in [4.69, 9.17) is 5.11 Å². The molecule has 14 heavy (non-hydrogen) atoms. The van der Waals surface area contributed by atoms with Crippen LogP contribution in [0, 0.1) is 0 Å². The molecule has 0 unspecified atom stereocenters. The molecule has 0 amide bonds. The van der Waals surface area contributed by atoms with Crippen molar-refractivity contribution < 1.29 is 9.90 Å². The maximum atomic E-state index is 11.4. The molecule has 0 saturated heterocycles. The maximum absolute atomic E-state index is 11.4. The first-order valence-electron chi connectivity index (χ1n) is 3.61. The molecule has 0 fully saturated rings. The van der Waals surface area contributed by atoms with E-state index in [1.54, 1.807) is 0 Å². The van der Waals surface area contributed by atoms with Crippen molar-refractivity contribution in [3.05, 3.63) is 22.5 Å². The molecule has 8 heteroatoms. The van der Waals surface area contributed by atoms with Crippen molar-refractivity contribution in [2.45, 2.75) is 0 Å². The Morgan fingerprint density at radius 1 is 1.57 bits per heavy atom. The van der Waals surface area contributed by atoms with Crippen molar-refractivity contribution in [1.29, 1.82) is 0 Å². The number of hydrogen-bond donors (Lipinski definition) is 1. The Kier molecular flexibility index (Phi) is 1.56. The standard InChI is InChI=1S/C6H5N5O3/c1-10-6(14)11-2-7-3(5(12)13)4(11)8-9-10/h2H,1H3,(H,12,13). The Hall–Kier alpha value is -2.25. The molecule has 1 N–H and O–H groups in total. The molecule has 0 saturated carbocycles. The van der Waals surface area contributed by atoms with Gasteiger partial charge in [0, 0.05) is 7.05 Å². The SMILES string of the molecule is Cn1nnc2c(C(=O)O)ncn2c1=O. The average Bonchev–Trinajstić information content (AvgIpc) is 2.55. The smallest absolute Gasteiger partial charge is 0.358 e. The number of aromatic carboxylic acids is 1. The zero-order valence-electron chi connectivity index (χ0n) is 7.08.